The van der Waals surface area contributed by atoms with Crippen LogP contribution in [0.3, 0.4) is 0 Å². The van der Waals surface area contributed by atoms with Crippen LogP contribution in [-0.4, -0.2) is 46.9 Å². The van der Waals surface area contributed by atoms with Crippen LogP contribution in [0.25, 0.3) is 0 Å². The second-order valence-electron chi connectivity index (χ2n) is 7.13. The van der Waals surface area contributed by atoms with Gasteiger partial charge in [0.2, 0.25) is 11.8 Å². The molecule has 1 saturated carbocycles. The van der Waals surface area contributed by atoms with Crippen molar-refractivity contribution in [3.63, 3.8) is 0 Å². The highest BCUT2D eigenvalue weighted by Crippen LogP contribution is 2.34. The minimum Gasteiger partial charge on any atom is -0.481 e. The van der Waals surface area contributed by atoms with Crippen molar-refractivity contribution in [2.24, 2.45) is 0 Å². The number of methoxy groups -OCH3 is 1. The standard InChI is InChI=1S/C20H27N5O4/c1-3-8-29-20(27)22-15-5-4-14(11-15)16-12-17(25-24-16)23-18(26)9-13-6-7-21-19(10-13)28-2/h6-7,10,12,14-15H,3-5,8-9,11H2,1-2H3,(H,22,27)(H2,23,24,25,26)/t14-,15+/m0/s1. The average Bonchev–Trinajstić information content (AvgIpc) is 3.36. The number of aromatic amines is 1. The number of H-pyrrole nitrogens is 1. The normalized spacial score (nSPS) is 18.3. The Morgan fingerprint density at radius 3 is 2.97 bits per heavy atom. The molecule has 2 aromatic heterocycles. The third kappa shape index (κ3) is 5.94. The first kappa shape index (κ1) is 20.6. The monoisotopic (exact) mass is 401 g/mol. The summed E-state index contributed by atoms with van der Waals surface area (Å²) in [6.07, 6.45) is 4.89. The number of hydrogen-bond acceptors (Lipinski definition) is 6. The van der Waals surface area contributed by atoms with Crippen LogP contribution in [0, 0.1) is 0 Å². The number of carbonyl (C=O) groups excluding carboxylic acids is 2. The lowest BCUT2D eigenvalue weighted by atomic mass is 10.0. The molecule has 2 amide bonds. The molecule has 9 heteroatoms. The van der Waals surface area contributed by atoms with Gasteiger partial charge in [-0.25, -0.2) is 9.78 Å². The van der Waals surface area contributed by atoms with Crippen LogP contribution >= 0.6 is 0 Å². The van der Waals surface area contributed by atoms with Crippen molar-refractivity contribution in [1.82, 2.24) is 20.5 Å². The number of carbonyl (C=O) groups is 2. The molecule has 0 radical (unpaired) electrons. The number of amides is 2. The Hall–Kier alpha value is -3.10. The molecule has 9 nitrogen and oxygen atoms in total. The first-order chi connectivity index (χ1) is 14.1. The van der Waals surface area contributed by atoms with Crippen LogP contribution in [0.1, 0.15) is 49.8 Å². The molecule has 0 saturated heterocycles. The number of rotatable bonds is 8. The SMILES string of the molecule is CCCOC(=O)N[C@@H]1CC[C@H](c2cc(NC(=O)Cc3ccnc(OC)c3)n[nH]2)C1. The van der Waals surface area contributed by atoms with E-state index in [9.17, 15) is 9.59 Å². The van der Waals surface area contributed by atoms with Gasteiger partial charge in [-0.3, -0.25) is 9.89 Å². The van der Waals surface area contributed by atoms with E-state index < -0.39 is 0 Å². The first-order valence-electron chi connectivity index (χ1n) is 9.84. The van der Waals surface area contributed by atoms with E-state index in [0.717, 1.165) is 36.9 Å². The zero-order valence-corrected chi connectivity index (χ0v) is 16.7. The zero-order chi connectivity index (χ0) is 20.6. The molecule has 0 unspecified atom stereocenters. The number of nitrogens with zero attached hydrogens (tertiary/aromatic N) is 2. The molecule has 2 heterocycles. The van der Waals surface area contributed by atoms with Crippen LogP contribution in [0.4, 0.5) is 10.6 Å². The van der Waals surface area contributed by atoms with Crippen LogP contribution < -0.4 is 15.4 Å². The van der Waals surface area contributed by atoms with Crippen LogP contribution in [-0.2, 0) is 16.0 Å². The van der Waals surface area contributed by atoms with E-state index in [4.69, 9.17) is 9.47 Å². The van der Waals surface area contributed by atoms with Gasteiger partial charge in [-0.1, -0.05) is 6.92 Å². The summed E-state index contributed by atoms with van der Waals surface area (Å²) in [5.74, 6) is 1.06. The highest BCUT2D eigenvalue weighted by atomic mass is 16.5. The van der Waals surface area contributed by atoms with E-state index >= 15 is 0 Å². The summed E-state index contributed by atoms with van der Waals surface area (Å²) in [6.45, 7) is 2.39. The number of pyridine rings is 1. The molecule has 1 aliphatic carbocycles. The molecule has 3 N–H and O–H groups in total. The quantitative estimate of drug-likeness (QED) is 0.626. The van der Waals surface area contributed by atoms with Crippen LogP contribution in [0.5, 0.6) is 5.88 Å². The van der Waals surface area contributed by atoms with E-state index in [1.54, 1.807) is 18.3 Å². The molecule has 0 aromatic carbocycles. The van der Waals surface area contributed by atoms with E-state index in [2.05, 4.69) is 25.8 Å². The van der Waals surface area contributed by atoms with Gasteiger partial charge in [-0.15, -0.1) is 0 Å². The highest BCUT2D eigenvalue weighted by molar-refractivity contribution is 5.91. The Morgan fingerprint density at radius 2 is 2.17 bits per heavy atom. The summed E-state index contributed by atoms with van der Waals surface area (Å²) < 4.78 is 10.1. The molecule has 2 aromatic rings. The Bertz CT molecular complexity index is 838. The lowest BCUT2D eigenvalue weighted by Gasteiger charge is -2.12. The molecule has 156 valence electrons. The lowest BCUT2D eigenvalue weighted by Crippen LogP contribution is -2.33. The minimum atomic E-state index is -0.359. The van der Waals surface area contributed by atoms with Crippen molar-refractivity contribution in [1.29, 1.82) is 0 Å². The van der Waals surface area contributed by atoms with Gasteiger partial charge in [0.05, 0.1) is 20.1 Å². The van der Waals surface area contributed by atoms with Gasteiger partial charge >= 0.3 is 6.09 Å². The van der Waals surface area contributed by atoms with Gasteiger partial charge in [-0.2, -0.15) is 5.10 Å². The van der Waals surface area contributed by atoms with Crippen molar-refractivity contribution in [2.75, 3.05) is 19.0 Å². The molecule has 0 bridgehead atoms. The summed E-state index contributed by atoms with van der Waals surface area (Å²) in [7, 11) is 1.54. The predicted octanol–water partition coefficient (Wildman–Crippen LogP) is 2.77. The number of anilines is 1. The summed E-state index contributed by atoms with van der Waals surface area (Å²) in [5.41, 5.74) is 1.77. The van der Waals surface area contributed by atoms with Crippen molar-refractivity contribution in [3.05, 3.63) is 35.7 Å². The first-order valence-corrected chi connectivity index (χ1v) is 9.84. The Morgan fingerprint density at radius 1 is 1.31 bits per heavy atom. The van der Waals surface area contributed by atoms with Crippen molar-refractivity contribution < 1.29 is 19.1 Å². The van der Waals surface area contributed by atoms with Gasteiger partial charge in [0.1, 0.15) is 0 Å². The fourth-order valence-corrected chi connectivity index (χ4v) is 3.45. The highest BCUT2D eigenvalue weighted by Gasteiger charge is 2.28. The average molecular weight is 401 g/mol. The third-order valence-corrected chi connectivity index (χ3v) is 4.87. The number of aromatic nitrogens is 3. The van der Waals surface area contributed by atoms with Crippen molar-refractivity contribution >= 4 is 17.8 Å². The van der Waals surface area contributed by atoms with Crippen molar-refractivity contribution in [3.8, 4) is 5.88 Å². The number of alkyl carbamates (subject to hydrolysis) is 1. The Labute approximate surface area is 169 Å². The summed E-state index contributed by atoms with van der Waals surface area (Å²) >= 11 is 0. The topological polar surface area (TPSA) is 118 Å². The maximum Gasteiger partial charge on any atom is 0.407 e. The van der Waals surface area contributed by atoms with Gasteiger partial charge in [0, 0.05) is 36.0 Å². The summed E-state index contributed by atoms with van der Waals surface area (Å²) in [6, 6.07) is 5.45. The molecule has 0 aliphatic heterocycles. The van der Waals surface area contributed by atoms with Crippen LogP contribution in [0.2, 0.25) is 0 Å². The smallest absolute Gasteiger partial charge is 0.407 e. The molecule has 1 fully saturated rings. The van der Waals surface area contributed by atoms with Crippen LogP contribution in [0.15, 0.2) is 24.4 Å². The number of hydrogen-bond donors (Lipinski definition) is 3. The molecule has 29 heavy (non-hydrogen) atoms. The molecular weight excluding hydrogens is 374 g/mol. The second kappa shape index (κ2) is 9.90. The second-order valence-corrected chi connectivity index (χ2v) is 7.13. The number of ether oxygens (including phenoxy) is 2. The van der Waals surface area contributed by atoms with Gasteiger partial charge in [0.25, 0.3) is 0 Å². The van der Waals surface area contributed by atoms with E-state index in [-0.39, 0.29) is 30.4 Å². The van der Waals surface area contributed by atoms with E-state index in [1.165, 1.54) is 7.11 Å². The molecule has 3 rings (SSSR count). The minimum absolute atomic E-state index is 0.0902. The number of nitrogens with one attached hydrogen (secondary N) is 3. The fourth-order valence-electron chi connectivity index (χ4n) is 3.45. The summed E-state index contributed by atoms with van der Waals surface area (Å²) in [4.78, 5) is 28.0. The zero-order valence-electron chi connectivity index (χ0n) is 16.7. The van der Waals surface area contributed by atoms with Gasteiger partial charge in [0.15, 0.2) is 5.82 Å². The fraction of sp³-hybridized carbons (Fsp3) is 0.500. The molecular formula is C20H27N5O4. The largest absolute Gasteiger partial charge is 0.481 e. The molecule has 1 aliphatic rings. The third-order valence-electron chi connectivity index (χ3n) is 4.87. The van der Waals surface area contributed by atoms with E-state index in [1.807, 2.05) is 13.0 Å². The Balaban J connectivity index is 1.49. The Kier molecular flexibility index (Phi) is 7.04. The summed E-state index contributed by atoms with van der Waals surface area (Å²) in [5, 5.41) is 12.9. The van der Waals surface area contributed by atoms with Gasteiger partial charge in [-0.05, 0) is 37.3 Å². The maximum atomic E-state index is 12.3. The molecule has 0 spiro atoms. The van der Waals surface area contributed by atoms with Gasteiger partial charge < -0.3 is 20.1 Å². The predicted molar refractivity (Wildman–Crippen MR) is 107 cm³/mol. The maximum absolute atomic E-state index is 12.3. The molecule has 2 atom stereocenters. The van der Waals surface area contributed by atoms with E-state index in [0.29, 0.717) is 18.3 Å². The van der Waals surface area contributed by atoms with Crippen molar-refractivity contribution in [2.45, 2.75) is 51.0 Å². The lowest BCUT2D eigenvalue weighted by molar-refractivity contribution is -0.115.